The molecule has 0 unspecified atom stereocenters. The molecular formula is C10H14Cl2N2. The van der Waals surface area contributed by atoms with Gasteiger partial charge < -0.3 is 4.90 Å². The van der Waals surface area contributed by atoms with Crippen molar-refractivity contribution in [3.63, 3.8) is 0 Å². The van der Waals surface area contributed by atoms with Crippen molar-refractivity contribution in [3.05, 3.63) is 28.8 Å². The molecular weight excluding hydrogens is 219 g/mol. The Morgan fingerprint density at radius 2 is 2.00 bits per heavy atom. The number of aliphatic imine (C=N–C) groups is 1. The van der Waals surface area contributed by atoms with Crippen molar-refractivity contribution in [2.24, 2.45) is 4.99 Å². The van der Waals surface area contributed by atoms with Crippen LogP contribution in [0.3, 0.4) is 0 Å². The summed E-state index contributed by atoms with van der Waals surface area (Å²) in [7, 11) is 3.88. The summed E-state index contributed by atoms with van der Waals surface area (Å²) in [4.78, 5) is 6.19. The highest BCUT2D eigenvalue weighted by molar-refractivity contribution is 6.30. The lowest BCUT2D eigenvalue weighted by molar-refractivity contribution is 0.643. The molecule has 0 amide bonds. The molecule has 78 valence electrons. The number of hydrogen-bond acceptors (Lipinski definition) is 1. The summed E-state index contributed by atoms with van der Waals surface area (Å²) in [5, 5.41) is 0.751. The van der Waals surface area contributed by atoms with Crippen LogP contribution >= 0.6 is 24.0 Å². The molecule has 0 atom stereocenters. The third kappa shape index (κ3) is 3.99. The van der Waals surface area contributed by atoms with E-state index in [1.165, 1.54) is 0 Å². The van der Waals surface area contributed by atoms with Crippen LogP contribution in [0.4, 0.5) is 5.69 Å². The molecule has 0 aliphatic carbocycles. The fraction of sp³-hybridized carbons (Fsp3) is 0.300. The van der Waals surface area contributed by atoms with Gasteiger partial charge in [0.2, 0.25) is 0 Å². The summed E-state index contributed by atoms with van der Waals surface area (Å²) in [6.07, 6.45) is 1.77. The highest BCUT2D eigenvalue weighted by atomic mass is 35.5. The zero-order valence-corrected chi connectivity index (χ0v) is 10.1. The van der Waals surface area contributed by atoms with Gasteiger partial charge in [0.25, 0.3) is 0 Å². The van der Waals surface area contributed by atoms with E-state index in [0.29, 0.717) is 0 Å². The monoisotopic (exact) mass is 232 g/mol. The fourth-order valence-corrected chi connectivity index (χ4v) is 1.17. The van der Waals surface area contributed by atoms with E-state index in [2.05, 4.69) is 4.99 Å². The molecule has 0 aliphatic heterocycles. The van der Waals surface area contributed by atoms with E-state index in [9.17, 15) is 0 Å². The van der Waals surface area contributed by atoms with Gasteiger partial charge in [0.05, 0.1) is 12.0 Å². The van der Waals surface area contributed by atoms with Gasteiger partial charge in [-0.05, 0) is 30.7 Å². The normalized spacial score (nSPS) is 10.0. The van der Waals surface area contributed by atoms with E-state index in [1.54, 1.807) is 6.34 Å². The van der Waals surface area contributed by atoms with Gasteiger partial charge in [-0.15, -0.1) is 12.4 Å². The molecule has 1 rings (SSSR count). The van der Waals surface area contributed by atoms with Crippen LogP contribution in [0.25, 0.3) is 0 Å². The van der Waals surface area contributed by atoms with Gasteiger partial charge in [0.1, 0.15) is 0 Å². The zero-order chi connectivity index (χ0) is 9.84. The maximum atomic E-state index is 5.82. The van der Waals surface area contributed by atoms with Crippen LogP contribution in [0.15, 0.2) is 23.2 Å². The van der Waals surface area contributed by atoms with Gasteiger partial charge >= 0.3 is 0 Å². The molecule has 0 N–H and O–H groups in total. The smallest absolute Gasteiger partial charge is 0.0907 e. The number of aryl methyl sites for hydroxylation is 1. The number of benzene rings is 1. The lowest BCUT2D eigenvalue weighted by atomic mass is 10.2. The van der Waals surface area contributed by atoms with Gasteiger partial charge in [-0.3, -0.25) is 0 Å². The number of nitrogens with zero attached hydrogens (tertiary/aromatic N) is 2. The summed E-state index contributed by atoms with van der Waals surface area (Å²) in [5.41, 5.74) is 2.05. The summed E-state index contributed by atoms with van der Waals surface area (Å²) in [6, 6.07) is 5.67. The van der Waals surface area contributed by atoms with E-state index in [0.717, 1.165) is 16.3 Å². The third-order valence-electron chi connectivity index (χ3n) is 1.59. The van der Waals surface area contributed by atoms with Crippen molar-refractivity contribution in [2.75, 3.05) is 14.1 Å². The van der Waals surface area contributed by atoms with Crippen LogP contribution in [-0.4, -0.2) is 25.3 Å². The molecule has 0 heterocycles. The van der Waals surface area contributed by atoms with Crippen molar-refractivity contribution in [1.82, 2.24) is 4.90 Å². The highest BCUT2D eigenvalue weighted by Crippen LogP contribution is 2.21. The first-order valence-corrected chi connectivity index (χ1v) is 4.44. The van der Waals surface area contributed by atoms with Gasteiger partial charge in [0.15, 0.2) is 0 Å². The van der Waals surface area contributed by atoms with Crippen LogP contribution in [0.2, 0.25) is 5.02 Å². The van der Waals surface area contributed by atoms with E-state index in [1.807, 2.05) is 44.1 Å². The first-order valence-electron chi connectivity index (χ1n) is 4.06. The lowest BCUT2D eigenvalue weighted by Gasteiger charge is -2.04. The average molecular weight is 233 g/mol. The molecule has 0 saturated carbocycles. The number of rotatable bonds is 2. The van der Waals surface area contributed by atoms with Crippen molar-refractivity contribution < 1.29 is 0 Å². The van der Waals surface area contributed by atoms with Gasteiger partial charge in [-0.25, -0.2) is 4.99 Å². The minimum absolute atomic E-state index is 0. The standard InChI is InChI=1S/C10H13ClN2.ClH/c1-8-6-9(11)4-5-10(8)12-7-13(2)3;/h4-7H,1-3H3;1H. The molecule has 0 bridgehead atoms. The molecule has 0 spiro atoms. The Labute approximate surface area is 96.0 Å². The number of halogens is 2. The Kier molecular flexibility index (Phi) is 5.58. The van der Waals surface area contributed by atoms with Crippen molar-refractivity contribution in [1.29, 1.82) is 0 Å². The van der Waals surface area contributed by atoms with Crippen molar-refractivity contribution >= 4 is 36.0 Å². The summed E-state index contributed by atoms with van der Waals surface area (Å²) in [6.45, 7) is 1.99. The minimum atomic E-state index is 0. The quantitative estimate of drug-likeness (QED) is 0.565. The Balaban J connectivity index is 0.00000169. The predicted molar refractivity (Wildman–Crippen MR) is 65.3 cm³/mol. The molecule has 0 aliphatic rings. The van der Waals surface area contributed by atoms with E-state index in [4.69, 9.17) is 11.6 Å². The van der Waals surface area contributed by atoms with E-state index in [-0.39, 0.29) is 12.4 Å². The van der Waals surface area contributed by atoms with Gasteiger partial charge in [-0.2, -0.15) is 0 Å². The third-order valence-corrected chi connectivity index (χ3v) is 1.82. The van der Waals surface area contributed by atoms with Crippen LogP contribution in [-0.2, 0) is 0 Å². The molecule has 0 fully saturated rings. The Hall–Kier alpha value is -0.730. The van der Waals surface area contributed by atoms with Crippen molar-refractivity contribution in [3.8, 4) is 0 Å². The molecule has 0 saturated heterocycles. The van der Waals surface area contributed by atoms with Crippen LogP contribution in [0.1, 0.15) is 5.56 Å². The second-order valence-electron chi connectivity index (χ2n) is 3.14. The topological polar surface area (TPSA) is 15.6 Å². The first-order chi connectivity index (χ1) is 6.09. The molecule has 1 aromatic carbocycles. The fourth-order valence-electron chi connectivity index (χ4n) is 0.941. The molecule has 4 heteroatoms. The van der Waals surface area contributed by atoms with Gasteiger partial charge in [-0.1, -0.05) is 11.6 Å². The molecule has 1 aromatic rings. The summed E-state index contributed by atoms with van der Waals surface area (Å²) < 4.78 is 0. The predicted octanol–water partition coefficient (Wildman–Crippen LogP) is 3.29. The van der Waals surface area contributed by atoms with Crippen LogP contribution in [0, 0.1) is 6.92 Å². The molecule has 0 aromatic heterocycles. The maximum absolute atomic E-state index is 5.82. The number of hydrogen-bond donors (Lipinski definition) is 0. The molecule has 14 heavy (non-hydrogen) atoms. The molecule has 2 nitrogen and oxygen atoms in total. The Morgan fingerprint density at radius 1 is 1.36 bits per heavy atom. The van der Waals surface area contributed by atoms with Crippen LogP contribution < -0.4 is 0 Å². The van der Waals surface area contributed by atoms with E-state index < -0.39 is 0 Å². The SMILES string of the molecule is Cc1cc(Cl)ccc1N=CN(C)C.Cl. The molecule has 0 radical (unpaired) electrons. The largest absolute Gasteiger partial charge is 0.369 e. The summed E-state index contributed by atoms with van der Waals surface area (Å²) >= 11 is 5.82. The average Bonchev–Trinajstić information content (AvgIpc) is 2.02. The van der Waals surface area contributed by atoms with Crippen molar-refractivity contribution in [2.45, 2.75) is 6.92 Å². The second-order valence-corrected chi connectivity index (χ2v) is 3.58. The minimum Gasteiger partial charge on any atom is -0.369 e. The lowest BCUT2D eigenvalue weighted by Crippen LogP contribution is -2.07. The zero-order valence-electron chi connectivity index (χ0n) is 8.49. The van der Waals surface area contributed by atoms with Gasteiger partial charge in [0, 0.05) is 19.1 Å². The Bertz CT molecular complexity index is 322. The van der Waals surface area contributed by atoms with E-state index >= 15 is 0 Å². The second kappa shape index (κ2) is 5.89. The first kappa shape index (κ1) is 13.3. The Morgan fingerprint density at radius 3 is 2.50 bits per heavy atom. The maximum Gasteiger partial charge on any atom is 0.0907 e. The highest BCUT2D eigenvalue weighted by Gasteiger charge is 1.95. The summed E-state index contributed by atoms with van der Waals surface area (Å²) in [5.74, 6) is 0. The van der Waals surface area contributed by atoms with Crippen LogP contribution in [0.5, 0.6) is 0 Å².